The van der Waals surface area contributed by atoms with Crippen molar-refractivity contribution in [2.24, 2.45) is 0 Å². The van der Waals surface area contributed by atoms with E-state index in [0.29, 0.717) is 17.4 Å². The molecule has 0 amide bonds. The predicted molar refractivity (Wildman–Crippen MR) is 55.4 cm³/mol. The Labute approximate surface area is 88.3 Å². The van der Waals surface area contributed by atoms with Gasteiger partial charge in [-0.25, -0.2) is 0 Å². The van der Waals surface area contributed by atoms with Gasteiger partial charge in [0.25, 0.3) is 0 Å². The molecule has 0 bridgehead atoms. The number of nitriles is 1. The molecule has 1 unspecified atom stereocenters. The summed E-state index contributed by atoms with van der Waals surface area (Å²) in [6.07, 6.45) is 0. The Morgan fingerprint density at radius 1 is 1.64 bits per heavy atom. The first-order valence-corrected chi connectivity index (χ1v) is 4.59. The number of nitrogens with one attached hydrogen (secondary N) is 1. The van der Waals surface area contributed by atoms with Crippen LogP contribution in [0, 0.1) is 11.3 Å². The van der Waals surface area contributed by atoms with Crippen LogP contribution in [0.3, 0.4) is 0 Å². The number of hydrogen-bond donors (Lipinski definition) is 1. The summed E-state index contributed by atoms with van der Waals surface area (Å²) in [6.45, 7) is 0.313. The van der Waals surface area contributed by atoms with Crippen LogP contribution < -0.4 is 10.1 Å². The molecule has 0 heterocycles. The van der Waals surface area contributed by atoms with Crippen molar-refractivity contribution < 1.29 is 4.74 Å². The van der Waals surface area contributed by atoms with Gasteiger partial charge in [0.2, 0.25) is 0 Å². The van der Waals surface area contributed by atoms with Crippen LogP contribution in [0.2, 0.25) is 5.02 Å². The van der Waals surface area contributed by atoms with E-state index in [1.165, 1.54) is 0 Å². The summed E-state index contributed by atoms with van der Waals surface area (Å²) in [5.41, 5.74) is 0. The summed E-state index contributed by atoms with van der Waals surface area (Å²) < 4.78 is 5.36. The molecule has 1 atom stereocenters. The quantitative estimate of drug-likeness (QED) is 0.825. The zero-order chi connectivity index (χ0) is 10.4. The molecule has 0 aromatic heterocycles. The second-order valence-electron chi connectivity index (χ2n) is 2.74. The van der Waals surface area contributed by atoms with Gasteiger partial charge < -0.3 is 10.1 Å². The first kappa shape index (κ1) is 10.8. The molecule has 0 fully saturated rings. The minimum atomic E-state index is -0.297. The summed E-state index contributed by atoms with van der Waals surface area (Å²) >= 11 is 5.77. The van der Waals surface area contributed by atoms with Crippen molar-refractivity contribution in [1.82, 2.24) is 5.32 Å². The number of nitrogens with zero attached hydrogens (tertiary/aromatic N) is 1. The third kappa shape index (κ3) is 3.25. The van der Waals surface area contributed by atoms with Crippen LogP contribution in [0.4, 0.5) is 0 Å². The van der Waals surface area contributed by atoms with Crippen LogP contribution in [-0.4, -0.2) is 19.7 Å². The molecule has 0 spiro atoms. The van der Waals surface area contributed by atoms with Gasteiger partial charge in [-0.2, -0.15) is 5.26 Å². The molecule has 1 aromatic rings. The van der Waals surface area contributed by atoms with Crippen LogP contribution in [-0.2, 0) is 0 Å². The molecule has 1 aromatic carbocycles. The molecular weight excluding hydrogens is 200 g/mol. The third-order valence-electron chi connectivity index (χ3n) is 1.72. The topological polar surface area (TPSA) is 45.0 Å². The molecule has 1 rings (SSSR count). The van der Waals surface area contributed by atoms with Gasteiger partial charge in [0, 0.05) is 5.02 Å². The summed E-state index contributed by atoms with van der Waals surface area (Å²) in [5, 5.41) is 12.1. The predicted octanol–water partition coefficient (Wildman–Crippen LogP) is 1.83. The molecule has 0 saturated carbocycles. The molecule has 14 heavy (non-hydrogen) atoms. The molecular formula is C10H11ClN2O. The maximum Gasteiger partial charge on any atom is 0.129 e. The maximum absolute atomic E-state index is 8.64. The van der Waals surface area contributed by atoms with Crippen molar-refractivity contribution in [1.29, 1.82) is 5.26 Å². The molecule has 0 radical (unpaired) electrons. The highest BCUT2D eigenvalue weighted by molar-refractivity contribution is 6.30. The van der Waals surface area contributed by atoms with E-state index in [2.05, 4.69) is 11.4 Å². The number of hydrogen-bond acceptors (Lipinski definition) is 3. The van der Waals surface area contributed by atoms with E-state index in [9.17, 15) is 0 Å². The average molecular weight is 211 g/mol. The molecule has 3 nitrogen and oxygen atoms in total. The van der Waals surface area contributed by atoms with Gasteiger partial charge in [0.1, 0.15) is 18.4 Å². The molecule has 74 valence electrons. The lowest BCUT2D eigenvalue weighted by atomic mass is 10.3. The Morgan fingerprint density at radius 3 is 3.00 bits per heavy atom. The molecule has 0 aliphatic heterocycles. The Balaban J connectivity index is 2.50. The molecule has 0 saturated heterocycles. The molecule has 0 aliphatic carbocycles. The van der Waals surface area contributed by atoms with E-state index in [4.69, 9.17) is 21.6 Å². The van der Waals surface area contributed by atoms with Gasteiger partial charge in [-0.05, 0) is 25.2 Å². The Hall–Kier alpha value is -1.24. The molecule has 4 heteroatoms. The normalized spacial score (nSPS) is 11.8. The first-order chi connectivity index (χ1) is 6.76. The van der Waals surface area contributed by atoms with Gasteiger partial charge in [0.15, 0.2) is 0 Å². The van der Waals surface area contributed by atoms with Crippen molar-refractivity contribution in [2.75, 3.05) is 13.7 Å². The van der Waals surface area contributed by atoms with E-state index in [0.717, 1.165) is 0 Å². The fourth-order valence-corrected chi connectivity index (χ4v) is 1.10. The summed E-state index contributed by atoms with van der Waals surface area (Å²) in [6, 6.07) is 8.86. The van der Waals surface area contributed by atoms with Crippen LogP contribution in [0.25, 0.3) is 0 Å². The van der Waals surface area contributed by atoms with Crippen molar-refractivity contribution in [2.45, 2.75) is 6.04 Å². The number of likely N-dealkylation sites (N-methyl/N-ethyl adjacent to an activating group) is 1. The van der Waals surface area contributed by atoms with Gasteiger partial charge in [-0.15, -0.1) is 0 Å². The second kappa shape index (κ2) is 5.48. The highest BCUT2D eigenvalue weighted by Crippen LogP contribution is 2.16. The van der Waals surface area contributed by atoms with Gasteiger partial charge >= 0.3 is 0 Å². The summed E-state index contributed by atoms with van der Waals surface area (Å²) in [4.78, 5) is 0. The van der Waals surface area contributed by atoms with E-state index in [1.54, 1.807) is 31.3 Å². The van der Waals surface area contributed by atoms with Gasteiger partial charge in [-0.3, -0.25) is 0 Å². The summed E-state index contributed by atoms with van der Waals surface area (Å²) in [5.74, 6) is 0.674. The minimum absolute atomic E-state index is 0.297. The van der Waals surface area contributed by atoms with Crippen molar-refractivity contribution in [3.63, 3.8) is 0 Å². The zero-order valence-corrected chi connectivity index (χ0v) is 8.58. The Kier molecular flexibility index (Phi) is 4.24. The van der Waals surface area contributed by atoms with E-state index < -0.39 is 0 Å². The lowest BCUT2D eigenvalue weighted by Gasteiger charge is -2.09. The standard InChI is InChI=1S/C10H11ClN2O/c1-13-9(6-12)7-14-10-4-2-3-8(11)5-10/h2-5,9,13H,7H2,1H3. The maximum atomic E-state index is 8.64. The number of rotatable bonds is 4. The summed E-state index contributed by atoms with van der Waals surface area (Å²) in [7, 11) is 1.72. The van der Waals surface area contributed by atoms with Crippen molar-refractivity contribution in [3.05, 3.63) is 29.3 Å². The van der Waals surface area contributed by atoms with E-state index in [-0.39, 0.29) is 6.04 Å². The largest absolute Gasteiger partial charge is 0.491 e. The minimum Gasteiger partial charge on any atom is -0.491 e. The SMILES string of the molecule is CNC(C#N)COc1cccc(Cl)c1. The number of halogens is 1. The van der Waals surface area contributed by atoms with Crippen LogP contribution in [0.15, 0.2) is 24.3 Å². The lowest BCUT2D eigenvalue weighted by Crippen LogP contribution is -2.29. The van der Waals surface area contributed by atoms with Crippen LogP contribution >= 0.6 is 11.6 Å². The van der Waals surface area contributed by atoms with Crippen molar-refractivity contribution in [3.8, 4) is 11.8 Å². The van der Waals surface area contributed by atoms with E-state index >= 15 is 0 Å². The Bertz CT molecular complexity index is 335. The Morgan fingerprint density at radius 2 is 2.43 bits per heavy atom. The van der Waals surface area contributed by atoms with Gasteiger partial charge in [-0.1, -0.05) is 17.7 Å². The van der Waals surface area contributed by atoms with Crippen LogP contribution in [0.5, 0.6) is 5.75 Å². The lowest BCUT2D eigenvalue weighted by molar-refractivity contribution is 0.295. The van der Waals surface area contributed by atoms with Crippen LogP contribution in [0.1, 0.15) is 0 Å². The third-order valence-corrected chi connectivity index (χ3v) is 1.95. The fourth-order valence-electron chi connectivity index (χ4n) is 0.921. The average Bonchev–Trinajstić information content (AvgIpc) is 2.19. The zero-order valence-electron chi connectivity index (χ0n) is 7.83. The first-order valence-electron chi connectivity index (χ1n) is 4.21. The highest BCUT2D eigenvalue weighted by atomic mass is 35.5. The monoisotopic (exact) mass is 210 g/mol. The fraction of sp³-hybridized carbons (Fsp3) is 0.300. The number of ether oxygens (including phenoxy) is 1. The molecule has 1 N–H and O–H groups in total. The smallest absolute Gasteiger partial charge is 0.129 e. The van der Waals surface area contributed by atoms with Crippen molar-refractivity contribution >= 4 is 11.6 Å². The molecule has 0 aliphatic rings. The number of benzene rings is 1. The second-order valence-corrected chi connectivity index (χ2v) is 3.18. The highest BCUT2D eigenvalue weighted by Gasteiger charge is 2.04. The van der Waals surface area contributed by atoms with Gasteiger partial charge in [0.05, 0.1) is 6.07 Å². The van der Waals surface area contributed by atoms with E-state index in [1.807, 2.05) is 0 Å².